The van der Waals surface area contributed by atoms with Crippen molar-refractivity contribution >= 4 is 21.4 Å². The normalized spacial score (nSPS) is 31.7. The van der Waals surface area contributed by atoms with Crippen molar-refractivity contribution in [3.05, 3.63) is 35.2 Å². The molecular formula is C15H18N2S. The summed E-state index contributed by atoms with van der Waals surface area (Å²) < 4.78 is 1.44. The summed E-state index contributed by atoms with van der Waals surface area (Å²) >= 11 is 1.99. The molecule has 18 heavy (non-hydrogen) atoms. The SMILES string of the molecule is c1ccc2sc(C3CCC4CNNC4C3)cc2c1. The van der Waals surface area contributed by atoms with Crippen molar-refractivity contribution in [2.75, 3.05) is 6.54 Å². The fourth-order valence-corrected chi connectivity index (χ4v) is 4.65. The van der Waals surface area contributed by atoms with E-state index in [1.807, 2.05) is 11.3 Å². The Morgan fingerprint density at radius 2 is 2.11 bits per heavy atom. The molecule has 1 saturated carbocycles. The molecule has 4 rings (SSSR count). The average molecular weight is 258 g/mol. The zero-order valence-corrected chi connectivity index (χ0v) is 11.2. The lowest BCUT2D eigenvalue weighted by atomic mass is 9.79. The molecule has 0 amide bonds. The molecule has 1 saturated heterocycles. The molecule has 3 heteroatoms. The second kappa shape index (κ2) is 4.34. The highest BCUT2D eigenvalue weighted by atomic mass is 32.1. The molecule has 3 atom stereocenters. The van der Waals surface area contributed by atoms with Crippen molar-refractivity contribution in [3.63, 3.8) is 0 Å². The summed E-state index contributed by atoms with van der Waals surface area (Å²) in [6.07, 6.45) is 4.02. The molecule has 2 aliphatic rings. The van der Waals surface area contributed by atoms with Gasteiger partial charge in [0.25, 0.3) is 0 Å². The average Bonchev–Trinajstić information content (AvgIpc) is 3.04. The van der Waals surface area contributed by atoms with Crippen LogP contribution in [0.15, 0.2) is 30.3 Å². The van der Waals surface area contributed by atoms with Crippen LogP contribution >= 0.6 is 11.3 Å². The maximum absolute atomic E-state index is 3.45. The summed E-state index contributed by atoms with van der Waals surface area (Å²) in [4.78, 5) is 1.59. The maximum atomic E-state index is 3.45. The van der Waals surface area contributed by atoms with Crippen LogP contribution in [0.4, 0.5) is 0 Å². The third-order valence-electron chi connectivity index (χ3n) is 4.49. The lowest BCUT2D eigenvalue weighted by molar-refractivity contribution is 0.305. The fraction of sp³-hybridized carbons (Fsp3) is 0.467. The Morgan fingerprint density at radius 1 is 1.17 bits per heavy atom. The quantitative estimate of drug-likeness (QED) is 0.820. The largest absolute Gasteiger partial charge is 0.257 e. The van der Waals surface area contributed by atoms with E-state index in [1.54, 1.807) is 4.88 Å². The van der Waals surface area contributed by atoms with Crippen LogP contribution < -0.4 is 10.9 Å². The zero-order chi connectivity index (χ0) is 11.9. The van der Waals surface area contributed by atoms with Gasteiger partial charge in [-0.1, -0.05) is 18.2 Å². The number of hydrogen-bond acceptors (Lipinski definition) is 3. The molecule has 1 aromatic heterocycles. The first kappa shape index (κ1) is 11.0. The van der Waals surface area contributed by atoms with E-state index in [4.69, 9.17) is 0 Å². The Balaban J connectivity index is 1.62. The fourth-order valence-electron chi connectivity index (χ4n) is 3.44. The summed E-state index contributed by atoms with van der Waals surface area (Å²) in [5.74, 6) is 1.62. The second-order valence-electron chi connectivity index (χ2n) is 5.59. The molecule has 2 N–H and O–H groups in total. The van der Waals surface area contributed by atoms with Gasteiger partial charge in [0.15, 0.2) is 0 Å². The van der Waals surface area contributed by atoms with Gasteiger partial charge in [-0.25, -0.2) is 0 Å². The predicted molar refractivity (Wildman–Crippen MR) is 76.8 cm³/mol. The van der Waals surface area contributed by atoms with E-state index >= 15 is 0 Å². The van der Waals surface area contributed by atoms with Gasteiger partial charge < -0.3 is 0 Å². The number of nitrogens with one attached hydrogen (secondary N) is 2. The number of hydrogen-bond donors (Lipinski definition) is 2. The van der Waals surface area contributed by atoms with E-state index in [9.17, 15) is 0 Å². The summed E-state index contributed by atoms with van der Waals surface area (Å²) in [5.41, 5.74) is 6.76. The van der Waals surface area contributed by atoms with E-state index in [2.05, 4.69) is 41.2 Å². The van der Waals surface area contributed by atoms with Gasteiger partial charge in [0.2, 0.25) is 0 Å². The smallest absolute Gasteiger partial charge is 0.0345 e. The molecule has 0 spiro atoms. The van der Waals surface area contributed by atoms with Gasteiger partial charge in [0.1, 0.15) is 0 Å². The van der Waals surface area contributed by atoms with Crippen molar-refractivity contribution in [3.8, 4) is 0 Å². The van der Waals surface area contributed by atoms with E-state index in [1.165, 1.54) is 29.3 Å². The van der Waals surface area contributed by atoms with Crippen molar-refractivity contribution in [1.82, 2.24) is 10.9 Å². The van der Waals surface area contributed by atoms with Crippen LogP contribution in [0.5, 0.6) is 0 Å². The van der Waals surface area contributed by atoms with E-state index in [0.29, 0.717) is 6.04 Å². The number of fused-ring (bicyclic) bond motifs is 2. The van der Waals surface area contributed by atoms with E-state index in [0.717, 1.165) is 18.4 Å². The van der Waals surface area contributed by atoms with Crippen LogP contribution in [0.25, 0.3) is 10.1 Å². The molecule has 2 aromatic rings. The third kappa shape index (κ3) is 1.78. The van der Waals surface area contributed by atoms with Crippen molar-refractivity contribution in [1.29, 1.82) is 0 Å². The molecule has 1 aliphatic heterocycles. The van der Waals surface area contributed by atoms with Gasteiger partial charge in [-0.15, -0.1) is 11.3 Å². The first-order chi connectivity index (χ1) is 8.90. The molecule has 1 aliphatic carbocycles. The van der Waals surface area contributed by atoms with E-state index in [-0.39, 0.29) is 0 Å². The summed E-state index contributed by atoms with van der Waals surface area (Å²) in [6.45, 7) is 1.16. The maximum Gasteiger partial charge on any atom is 0.0345 e. The topological polar surface area (TPSA) is 24.1 Å². The third-order valence-corrected chi connectivity index (χ3v) is 5.77. The number of hydrazine groups is 1. The van der Waals surface area contributed by atoms with Gasteiger partial charge in [0, 0.05) is 22.2 Å². The molecule has 3 unspecified atom stereocenters. The van der Waals surface area contributed by atoms with Crippen LogP contribution in [-0.4, -0.2) is 12.6 Å². The highest BCUT2D eigenvalue weighted by Gasteiger charge is 2.34. The Labute approximate surface area is 111 Å². The predicted octanol–water partition coefficient (Wildman–Crippen LogP) is 3.26. The molecule has 2 heterocycles. The van der Waals surface area contributed by atoms with Gasteiger partial charge in [-0.05, 0) is 48.6 Å². The van der Waals surface area contributed by atoms with Crippen LogP contribution in [-0.2, 0) is 0 Å². The number of rotatable bonds is 1. The zero-order valence-electron chi connectivity index (χ0n) is 10.4. The first-order valence-electron chi connectivity index (χ1n) is 6.87. The minimum atomic E-state index is 0.689. The highest BCUT2D eigenvalue weighted by molar-refractivity contribution is 7.19. The lowest BCUT2D eigenvalue weighted by Crippen LogP contribution is -2.35. The number of benzene rings is 1. The summed E-state index contributed by atoms with van der Waals surface area (Å²) in [7, 11) is 0. The Kier molecular flexibility index (Phi) is 2.64. The minimum Gasteiger partial charge on any atom is -0.257 e. The Bertz CT molecular complexity index is 529. The molecule has 2 fully saturated rings. The second-order valence-corrected chi connectivity index (χ2v) is 6.70. The molecule has 0 bridgehead atoms. The van der Waals surface area contributed by atoms with Gasteiger partial charge in [0.05, 0.1) is 0 Å². The van der Waals surface area contributed by atoms with Crippen LogP contribution in [0.3, 0.4) is 0 Å². The van der Waals surface area contributed by atoms with Gasteiger partial charge >= 0.3 is 0 Å². The van der Waals surface area contributed by atoms with Crippen molar-refractivity contribution in [2.24, 2.45) is 5.92 Å². The molecule has 1 aromatic carbocycles. The molecule has 94 valence electrons. The summed E-state index contributed by atoms with van der Waals surface area (Å²) in [6, 6.07) is 11.8. The molecule has 0 radical (unpaired) electrons. The standard InChI is InChI=1S/C15H18N2S/c1-2-4-14-10(3-1)8-15(18-14)11-5-6-12-9-16-17-13(12)7-11/h1-4,8,11-13,16-17H,5-7,9H2. The molecule has 2 nitrogen and oxygen atoms in total. The molecular weight excluding hydrogens is 240 g/mol. The Hall–Kier alpha value is -0.900. The first-order valence-corrected chi connectivity index (χ1v) is 7.68. The van der Waals surface area contributed by atoms with E-state index < -0.39 is 0 Å². The van der Waals surface area contributed by atoms with Crippen molar-refractivity contribution in [2.45, 2.75) is 31.2 Å². The number of thiophene rings is 1. The highest BCUT2D eigenvalue weighted by Crippen LogP contribution is 2.41. The Morgan fingerprint density at radius 3 is 3.06 bits per heavy atom. The van der Waals surface area contributed by atoms with Crippen LogP contribution in [0, 0.1) is 5.92 Å². The van der Waals surface area contributed by atoms with Gasteiger partial charge in [-0.2, -0.15) is 0 Å². The summed E-state index contributed by atoms with van der Waals surface area (Å²) in [5, 5.41) is 1.41. The van der Waals surface area contributed by atoms with Crippen molar-refractivity contribution < 1.29 is 0 Å². The van der Waals surface area contributed by atoms with Crippen LogP contribution in [0.1, 0.15) is 30.1 Å². The lowest BCUT2D eigenvalue weighted by Gasteiger charge is -2.30. The van der Waals surface area contributed by atoms with Crippen LogP contribution in [0.2, 0.25) is 0 Å². The monoisotopic (exact) mass is 258 g/mol. The van der Waals surface area contributed by atoms with Gasteiger partial charge in [-0.3, -0.25) is 10.9 Å². The minimum absolute atomic E-state index is 0.689.